The summed E-state index contributed by atoms with van der Waals surface area (Å²) < 4.78 is 61.5. The molecule has 1 saturated heterocycles. The summed E-state index contributed by atoms with van der Waals surface area (Å²) in [5.74, 6) is 0. The summed E-state index contributed by atoms with van der Waals surface area (Å²) in [7, 11) is -3.35. The van der Waals surface area contributed by atoms with Crippen LogP contribution in [0.1, 0.15) is 18.0 Å². The minimum Gasteiger partial charge on any atom is -0.314 e. The van der Waals surface area contributed by atoms with E-state index >= 15 is 0 Å². The molecule has 0 radical (unpaired) electrons. The quantitative estimate of drug-likeness (QED) is 0.881. The summed E-state index contributed by atoms with van der Waals surface area (Å²) in [5, 5.41) is 3.11. The molecule has 4 nitrogen and oxygen atoms in total. The van der Waals surface area contributed by atoms with Gasteiger partial charge in [0.2, 0.25) is 0 Å². The Labute approximate surface area is 140 Å². The molecule has 1 heterocycles. The maximum atomic E-state index is 12.9. The zero-order valence-electron chi connectivity index (χ0n) is 12.6. The van der Waals surface area contributed by atoms with Crippen LogP contribution in [0.5, 0.6) is 0 Å². The van der Waals surface area contributed by atoms with E-state index < -0.39 is 28.5 Å². The van der Waals surface area contributed by atoms with Crippen LogP contribution in [0.2, 0.25) is 0 Å². The van der Waals surface area contributed by atoms with E-state index in [1.807, 2.05) is 0 Å². The second kappa shape index (κ2) is 7.83. The van der Waals surface area contributed by atoms with Crippen molar-refractivity contribution in [3.05, 3.63) is 29.8 Å². The van der Waals surface area contributed by atoms with Crippen LogP contribution < -0.4 is 5.32 Å². The minimum absolute atomic E-state index is 0. The third kappa shape index (κ3) is 5.95. The van der Waals surface area contributed by atoms with Crippen LogP contribution in [0.3, 0.4) is 0 Å². The third-order valence-electron chi connectivity index (χ3n) is 3.71. The molecule has 0 bridgehead atoms. The van der Waals surface area contributed by atoms with E-state index in [1.165, 1.54) is 24.3 Å². The maximum Gasteiger partial charge on any atom is 0.390 e. The largest absolute Gasteiger partial charge is 0.390 e. The molecule has 0 aliphatic carbocycles. The highest BCUT2D eigenvalue weighted by atomic mass is 35.5. The zero-order chi connectivity index (χ0) is 16.4. The van der Waals surface area contributed by atoms with Crippen molar-refractivity contribution in [1.29, 1.82) is 0 Å². The van der Waals surface area contributed by atoms with Gasteiger partial charge in [-0.1, -0.05) is 12.1 Å². The van der Waals surface area contributed by atoms with Gasteiger partial charge >= 0.3 is 6.18 Å². The SMILES string of the molecule is CS(=O)(=O)c1ccc([C@@H](CC(F)(F)F)N2CCNCC2)cc1.Cl. The lowest BCUT2D eigenvalue weighted by Crippen LogP contribution is -2.46. The van der Waals surface area contributed by atoms with Gasteiger partial charge in [0.1, 0.15) is 0 Å². The standard InChI is InChI=1S/C14H19F3N2O2S.ClH/c1-22(20,21)12-4-2-11(3-5-12)13(10-14(15,16)17)19-8-6-18-7-9-19;/h2-5,13,18H,6-10H2,1H3;1H/t13-;/m1./s1. The van der Waals surface area contributed by atoms with Crippen molar-refractivity contribution in [2.24, 2.45) is 0 Å². The maximum absolute atomic E-state index is 12.9. The normalized spacial score (nSPS) is 18.3. The smallest absolute Gasteiger partial charge is 0.314 e. The summed E-state index contributed by atoms with van der Waals surface area (Å²) >= 11 is 0. The van der Waals surface area contributed by atoms with E-state index in [2.05, 4.69) is 5.32 Å². The Balaban J connectivity index is 0.00000264. The van der Waals surface area contributed by atoms with Gasteiger partial charge in [0.05, 0.1) is 11.3 Å². The van der Waals surface area contributed by atoms with Gasteiger partial charge in [-0.05, 0) is 17.7 Å². The highest BCUT2D eigenvalue weighted by molar-refractivity contribution is 7.90. The van der Waals surface area contributed by atoms with Crippen molar-refractivity contribution >= 4 is 22.2 Å². The minimum atomic E-state index is -4.27. The number of halogens is 4. The molecule has 0 unspecified atom stereocenters. The second-order valence-electron chi connectivity index (χ2n) is 5.46. The van der Waals surface area contributed by atoms with Crippen LogP contribution in [0.4, 0.5) is 13.2 Å². The molecule has 1 aromatic carbocycles. The lowest BCUT2D eigenvalue weighted by atomic mass is 10.0. The Morgan fingerprint density at radius 2 is 1.70 bits per heavy atom. The summed E-state index contributed by atoms with van der Waals surface area (Å²) in [6.45, 7) is 2.37. The van der Waals surface area contributed by atoms with Crippen molar-refractivity contribution in [2.45, 2.75) is 23.5 Å². The van der Waals surface area contributed by atoms with Crippen molar-refractivity contribution < 1.29 is 21.6 Å². The third-order valence-corrected chi connectivity index (χ3v) is 4.84. The number of hydrogen-bond acceptors (Lipinski definition) is 4. The van der Waals surface area contributed by atoms with Crippen LogP contribution in [-0.4, -0.2) is 51.9 Å². The van der Waals surface area contributed by atoms with E-state index in [-0.39, 0.29) is 17.3 Å². The zero-order valence-corrected chi connectivity index (χ0v) is 14.3. The van der Waals surface area contributed by atoms with E-state index in [4.69, 9.17) is 0 Å². The summed E-state index contributed by atoms with van der Waals surface area (Å²) in [5.41, 5.74) is 0.492. The van der Waals surface area contributed by atoms with E-state index in [9.17, 15) is 21.6 Å². The number of piperazine rings is 1. The molecule has 9 heteroatoms. The Bertz CT molecular complexity index is 599. The molecule has 0 aromatic heterocycles. The number of nitrogens with zero attached hydrogens (tertiary/aromatic N) is 1. The van der Waals surface area contributed by atoms with Crippen LogP contribution in [0, 0.1) is 0 Å². The molecule has 1 atom stereocenters. The fourth-order valence-electron chi connectivity index (χ4n) is 2.61. The summed E-state index contributed by atoms with van der Waals surface area (Å²) in [4.78, 5) is 1.90. The number of nitrogens with one attached hydrogen (secondary N) is 1. The first-order chi connectivity index (χ1) is 10.2. The van der Waals surface area contributed by atoms with E-state index in [0.717, 1.165) is 6.26 Å². The Morgan fingerprint density at radius 1 is 1.17 bits per heavy atom. The molecule has 1 aromatic rings. The number of rotatable bonds is 4. The first kappa shape index (κ1) is 20.2. The Hall–Kier alpha value is -0.830. The predicted octanol–water partition coefficient (Wildman–Crippen LogP) is 2.41. The molecular weight excluding hydrogens is 353 g/mol. The second-order valence-corrected chi connectivity index (χ2v) is 7.48. The van der Waals surface area contributed by atoms with Crippen molar-refractivity contribution in [2.75, 3.05) is 32.4 Å². The van der Waals surface area contributed by atoms with Crippen LogP contribution >= 0.6 is 12.4 Å². The molecule has 1 aliphatic rings. The highest BCUT2D eigenvalue weighted by Gasteiger charge is 2.35. The first-order valence-electron chi connectivity index (χ1n) is 6.98. The number of alkyl halides is 3. The first-order valence-corrected chi connectivity index (χ1v) is 8.87. The molecule has 0 amide bonds. The van der Waals surface area contributed by atoms with Gasteiger partial charge in [-0.15, -0.1) is 12.4 Å². The van der Waals surface area contributed by atoms with Crippen molar-refractivity contribution in [3.8, 4) is 0 Å². The molecule has 0 spiro atoms. The molecule has 1 fully saturated rings. The van der Waals surface area contributed by atoms with Gasteiger partial charge in [-0.25, -0.2) is 8.42 Å². The van der Waals surface area contributed by atoms with Gasteiger partial charge < -0.3 is 5.32 Å². The average molecular weight is 373 g/mol. The van der Waals surface area contributed by atoms with Gasteiger partial charge in [0, 0.05) is 38.5 Å². The summed E-state index contributed by atoms with van der Waals surface area (Å²) in [6, 6.07) is 4.92. The van der Waals surface area contributed by atoms with Gasteiger partial charge in [0.25, 0.3) is 0 Å². The molecule has 132 valence electrons. The molecule has 2 rings (SSSR count). The monoisotopic (exact) mass is 372 g/mol. The molecule has 1 N–H and O–H groups in total. The lowest BCUT2D eigenvalue weighted by molar-refractivity contribution is -0.148. The van der Waals surface area contributed by atoms with Crippen molar-refractivity contribution in [1.82, 2.24) is 10.2 Å². The molecular formula is C14H20ClF3N2O2S. The molecule has 1 aliphatic heterocycles. The fourth-order valence-corrected chi connectivity index (χ4v) is 3.24. The number of sulfone groups is 1. The lowest BCUT2D eigenvalue weighted by Gasteiger charge is -2.35. The summed E-state index contributed by atoms with van der Waals surface area (Å²) in [6.07, 6.45) is -4.14. The van der Waals surface area contributed by atoms with Gasteiger partial charge in [0.15, 0.2) is 9.84 Å². The predicted molar refractivity (Wildman–Crippen MR) is 84.7 cm³/mol. The van der Waals surface area contributed by atoms with Gasteiger partial charge in [-0.3, -0.25) is 4.90 Å². The van der Waals surface area contributed by atoms with Crippen LogP contribution in [-0.2, 0) is 9.84 Å². The Kier molecular flexibility index (Phi) is 6.88. The van der Waals surface area contributed by atoms with Crippen LogP contribution in [0.25, 0.3) is 0 Å². The molecule has 23 heavy (non-hydrogen) atoms. The van der Waals surface area contributed by atoms with E-state index in [0.29, 0.717) is 31.7 Å². The fraction of sp³-hybridized carbons (Fsp3) is 0.571. The van der Waals surface area contributed by atoms with Gasteiger partial charge in [-0.2, -0.15) is 13.2 Å². The number of hydrogen-bond donors (Lipinski definition) is 1. The van der Waals surface area contributed by atoms with Crippen LogP contribution in [0.15, 0.2) is 29.2 Å². The molecule has 0 saturated carbocycles. The topological polar surface area (TPSA) is 49.4 Å². The van der Waals surface area contributed by atoms with Crippen molar-refractivity contribution in [3.63, 3.8) is 0 Å². The average Bonchev–Trinajstić information content (AvgIpc) is 2.44. The highest BCUT2D eigenvalue weighted by Crippen LogP contribution is 2.34. The number of benzene rings is 1. The Morgan fingerprint density at radius 3 is 2.13 bits per heavy atom. The van der Waals surface area contributed by atoms with E-state index in [1.54, 1.807) is 4.90 Å².